The summed E-state index contributed by atoms with van der Waals surface area (Å²) in [5.41, 5.74) is 1.87. The van der Waals surface area contributed by atoms with Crippen LogP contribution >= 0.6 is 0 Å². The quantitative estimate of drug-likeness (QED) is 0.608. The molecule has 76 valence electrons. The summed E-state index contributed by atoms with van der Waals surface area (Å²) in [5.74, 6) is 0. The molecule has 0 heterocycles. The second-order valence-corrected chi connectivity index (χ2v) is 3.31. The van der Waals surface area contributed by atoms with E-state index in [1.807, 2.05) is 60.7 Å². The second-order valence-electron chi connectivity index (χ2n) is 3.31. The van der Waals surface area contributed by atoms with Crippen LogP contribution in [0.25, 0.3) is 0 Å². The van der Waals surface area contributed by atoms with Crippen molar-refractivity contribution in [3.8, 4) is 0 Å². The van der Waals surface area contributed by atoms with E-state index >= 15 is 0 Å². The molecule has 0 unspecified atom stereocenters. The molecule has 2 aromatic carbocycles. The summed E-state index contributed by atoms with van der Waals surface area (Å²) in [4.78, 5) is 4.52. The van der Waals surface area contributed by atoms with Gasteiger partial charge in [-0.3, -0.25) is 5.26 Å². The summed E-state index contributed by atoms with van der Waals surface area (Å²) in [5, 5.41) is 8.93. The van der Waals surface area contributed by atoms with Gasteiger partial charge in [0.2, 0.25) is 0 Å². The van der Waals surface area contributed by atoms with Gasteiger partial charge in [0.05, 0.1) is 0 Å². The molecule has 0 fully saturated rings. The van der Waals surface area contributed by atoms with Crippen molar-refractivity contribution in [2.24, 2.45) is 0 Å². The molecular weight excluding hydrogens is 188 g/mol. The highest BCUT2D eigenvalue weighted by molar-refractivity contribution is 5.29. The monoisotopic (exact) mass is 200 g/mol. The molecule has 2 rings (SSSR count). The Labute approximate surface area is 88.7 Å². The van der Waals surface area contributed by atoms with Gasteiger partial charge in [0.15, 0.2) is 0 Å². The molecule has 2 heteroatoms. The van der Waals surface area contributed by atoms with E-state index in [1.165, 1.54) is 0 Å². The maximum atomic E-state index is 8.93. The van der Waals surface area contributed by atoms with Gasteiger partial charge in [-0.05, 0) is 11.1 Å². The summed E-state index contributed by atoms with van der Waals surface area (Å²) in [7, 11) is 0. The number of rotatable bonds is 3. The molecule has 0 radical (unpaired) electrons. The summed E-state index contributed by atoms with van der Waals surface area (Å²) < 4.78 is 0. The van der Waals surface area contributed by atoms with Gasteiger partial charge in [0.1, 0.15) is 6.10 Å². The van der Waals surface area contributed by atoms with E-state index in [0.29, 0.717) is 0 Å². The molecular formula is C13H12O2. The maximum Gasteiger partial charge on any atom is 0.143 e. The predicted octanol–water partition coefficient (Wildman–Crippen LogP) is 3.27. The first-order valence-corrected chi connectivity index (χ1v) is 4.82. The van der Waals surface area contributed by atoms with Gasteiger partial charge >= 0.3 is 0 Å². The van der Waals surface area contributed by atoms with Crippen LogP contribution in [0.15, 0.2) is 60.7 Å². The maximum absolute atomic E-state index is 8.93. The fourth-order valence-electron chi connectivity index (χ4n) is 1.57. The molecule has 0 atom stereocenters. The smallest absolute Gasteiger partial charge is 0.143 e. The Morgan fingerprint density at radius 2 is 1.13 bits per heavy atom. The minimum atomic E-state index is -0.410. The van der Waals surface area contributed by atoms with Crippen LogP contribution in [-0.2, 0) is 4.89 Å². The Kier molecular flexibility index (Phi) is 3.12. The van der Waals surface area contributed by atoms with Gasteiger partial charge in [-0.25, -0.2) is 4.89 Å². The molecule has 0 aliphatic heterocycles. The van der Waals surface area contributed by atoms with Crippen molar-refractivity contribution in [2.45, 2.75) is 6.10 Å². The van der Waals surface area contributed by atoms with Gasteiger partial charge in [-0.15, -0.1) is 0 Å². The van der Waals surface area contributed by atoms with Crippen LogP contribution in [0.5, 0.6) is 0 Å². The average Bonchev–Trinajstić information content (AvgIpc) is 2.33. The van der Waals surface area contributed by atoms with Gasteiger partial charge < -0.3 is 0 Å². The van der Waals surface area contributed by atoms with Crippen LogP contribution in [0, 0.1) is 0 Å². The Bertz CT molecular complexity index is 358. The van der Waals surface area contributed by atoms with Crippen LogP contribution < -0.4 is 0 Å². The summed E-state index contributed by atoms with van der Waals surface area (Å²) in [6, 6.07) is 19.2. The highest BCUT2D eigenvalue weighted by Crippen LogP contribution is 2.24. The number of hydrogen-bond acceptors (Lipinski definition) is 2. The van der Waals surface area contributed by atoms with Gasteiger partial charge in [0, 0.05) is 0 Å². The Morgan fingerprint density at radius 1 is 0.733 bits per heavy atom. The lowest BCUT2D eigenvalue weighted by molar-refractivity contribution is -0.270. The lowest BCUT2D eigenvalue weighted by Gasteiger charge is -2.13. The van der Waals surface area contributed by atoms with Crippen molar-refractivity contribution in [1.29, 1.82) is 0 Å². The average molecular weight is 200 g/mol. The summed E-state index contributed by atoms with van der Waals surface area (Å²) in [6.45, 7) is 0. The third-order valence-corrected chi connectivity index (χ3v) is 2.31. The van der Waals surface area contributed by atoms with Crippen LogP contribution in [0.2, 0.25) is 0 Å². The normalized spacial score (nSPS) is 10.5. The van der Waals surface area contributed by atoms with Crippen LogP contribution in [0.1, 0.15) is 17.2 Å². The third-order valence-electron chi connectivity index (χ3n) is 2.31. The highest BCUT2D eigenvalue weighted by atomic mass is 17.1. The van der Waals surface area contributed by atoms with Crippen LogP contribution in [-0.4, -0.2) is 5.26 Å². The van der Waals surface area contributed by atoms with E-state index in [4.69, 9.17) is 5.26 Å². The molecule has 0 saturated heterocycles. The Balaban J connectivity index is 2.34. The van der Waals surface area contributed by atoms with Crippen LogP contribution in [0.4, 0.5) is 0 Å². The minimum Gasteiger partial charge on any atom is -0.251 e. The minimum absolute atomic E-state index is 0.410. The molecule has 0 aliphatic carbocycles. The molecule has 2 nitrogen and oxygen atoms in total. The largest absolute Gasteiger partial charge is 0.251 e. The van der Waals surface area contributed by atoms with E-state index in [0.717, 1.165) is 11.1 Å². The van der Waals surface area contributed by atoms with Crippen molar-refractivity contribution in [2.75, 3.05) is 0 Å². The van der Waals surface area contributed by atoms with Gasteiger partial charge in [-0.2, -0.15) is 0 Å². The zero-order valence-corrected chi connectivity index (χ0v) is 8.21. The second kappa shape index (κ2) is 4.73. The molecule has 1 N–H and O–H groups in total. The van der Waals surface area contributed by atoms with E-state index in [1.54, 1.807) is 0 Å². The molecule has 0 spiro atoms. The van der Waals surface area contributed by atoms with Gasteiger partial charge in [0.25, 0.3) is 0 Å². The van der Waals surface area contributed by atoms with E-state index in [-0.39, 0.29) is 0 Å². The predicted molar refractivity (Wildman–Crippen MR) is 58.4 cm³/mol. The Morgan fingerprint density at radius 3 is 1.47 bits per heavy atom. The highest BCUT2D eigenvalue weighted by Gasteiger charge is 2.13. The Hall–Kier alpha value is -1.64. The molecule has 0 aromatic heterocycles. The lowest BCUT2D eigenvalue weighted by atomic mass is 10.0. The van der Waals surface area contributed by atoms with Crippen molar-refractivity contribution >= 4 is 0 Å². The molecule has 0 amide bonds. The van der Waals surface area contributed by atoms with E-state index < -0.39 is 6.10 Å². The zero-order chi connectivity index (χ0) is 10.5. The lowest BCUT2D eigenvalue weighted by Crippen LogP contribution is -2.03. The molecule has 0 saturated carbocycles. The molecule has 2 aromatic rings. The third kappa shape index (κ3) is 2.24. The topological polar surface area (TPSA) is 29.5 Å². The van der Waals surface area contributed by atoms with Crippen molar-refractivity contribution in [3.63, 3.8) is 0 Å². The molecule has 0 bridgehead atoms. The molecule has 0 aliphatic rings. The number of benzene rings is 2. The van der Waals surface area contributed by atoms with E-state index in [2.05, 4.69) is 4.89 Å². The van der Waals surface area contributed by atoms with Gasteiger partial charge in [-0.1, -0.05) is 60.7 Å². The van der Waals surface area contributed by atoms with Crippen molar-refractivity contribution < 1.29 is 10.1 Å². The summed E-state index contributed by atoms with van der Waals surface area (Å²) in [6.07, 6.45) is -0.410. The first-order valence-electron chi connectivity index (χ1n) is 4.82. The number of hydrogen-bond donors (Lipinski definition) is 1. The fraction of sp³-hybridized carbons (Fsp3) is 0.0769. The van der Waals surface area contributed by atoms with Crippen molar-refractivity contribution in [1.82, 2.24) is 0 Å². The van der Waals surface area contributed by atoms with E-state index in [9.17, 15) is 0 Å². The standard InChI is InChI=1S/C13H12O2/c14-15-13(11-7-3-1-4-8-11)12-9-5-2-6-10-12/h1-10,13-14H. The zero-order valence-electron chi connectivity index (χ0n) is 8.21. The van der Waals surface area contributed by atoms with Crippen molar-refractivity contribution in [3.05, 3.63) is 71.8 Å². The van der Waals surface area contributed by atoms with Crippen LogP contribution in [0.3, 0.4) is 0 Å². The molecule has 15 heavy (non-hydrogen) atoms. The SMILES string of the molecule is OOC(c1ccccc1)c1ccccc1. The fourth-order valence-corrected chi connectivity index (χ4v) is 1.57. The summed E-state index contributed by atoms with van der Waals surface area (Å²) >= 11 is 0. The first-order chi connectivity index (χ1) is 7.42. The first kappa shape index (κ1) is 9.90.